The number of ether oxygens (including phenoxy) is 3. The molecule has 540 valence electrons. The summed E-state index contributed by atoms with van der Waals surface area (Å²) in [4.78, 5) is 167. The molecule has 3 saturated heterocycles. The molecule has 3 fully saturated rings. The second-order valence-corrected chi connectivity index (χ2v) is 28.1. The van der Waals surface area contributed by atoms with Gasteiger partial charge in [0.05, 0.1) is 62.6 Å². The molecular weight excluding hydrogens is 1240 g/mol. The number of carbonyl (C=O) groups is 11. The lowest BCUT2D eigenvalue weighted by Crippen LogP contribution is -2.70. The maximum Gasteiger partial charge on any atom is 0.253 e. The number of aromatic nitrogens is 1. The molecule has 2 bridgehead atoms. The number of hydrogen-bond donors (Lipinski definition) is 7. The van der Waals surface area contributed by atoms with Crippen LogP contribution in [0.1, 0.15) is 159 Å². The molecule has 27 nitrogen and oxygen atoms in total. The summed E-state index contributed by atoms with van der Waals surface area (Å²) in [5.74, 6) is -6.10. The van der Waals surface area contributed by atoms with Gasteiger partial charge >= 0.3 is 0 Å². The molecule has 13 atom stereocenters. The summed E-state index contributed by atoms with van der Waals surface area (Å²) < 4.78 is 18.6. The molecule has 0 radical (unpaired) electrons. The first-order chi connectivity index (χ1) is 45.2. The van der Waals surface area contributed by atoms with Crippen molar-refractivity contribution in [2.45, 2.75) is 213 Å². The zero-order chi connectivity index (χ0) is 71.8. The van der Waals surface area contributed by atoms with Gasteiger partial charge in [0.2, 0.25) is 41.4 Å². The topological polar surface area (TPSA) is 337 Å². The summed E-state index contributed by atoms with van der Waals surface area (Å²) in [5.41, 5.74) is -4.91. The molecule has 0 spiro atoms. The quantitative estimate of drug-likeness (QED) is 0.104. The highest BCUT2D eigenvalue weighted by molar-refractivity contribution is 5.94. The fourth-order valence-electron chi connectivity index (χ4n) is 12.5. The molecule has 0 aromatic carbocycles. The van der Waals surface area contributed by atoms with Gasteiger partial charge in [-0.15, -0.1) is 0 Å². The van der Waals surface area contributed by atoms with Gasteiger partial charge in [0.1, 0.15) is 24.0 Å². The number of amides is 8. The van der Waals surface area contributed by atoms with Crippen molar-refractivity contribution in [1.29, 1.82) is 0 Å². The SMILES string of the molecule is CCCC1C(=O)NC(C)(C=O)OC(C(C)C)C(=O)N(C)C(C=O)(CC(C)C)NCC(C)CCC(=O)NCCC(CC(=O)NC)OC(C(C)CC=Cc2cccc(N3CCOCC3)n2)CC(=O)NC(C(C)O)C(=O)N(C)CC(=O)N(C)C(C=O)(CC(C)C)NC2CC(C)CN1C2=O. The number of likely N-dealkylation sites (N-methyl/N-ethyl adjacent to an activating group) is 3. The first-order valence-electron chi connectivity index (χ1n) is 34.3. The summed E-state index contributed by atoms with van der Waals surface area (Å²) >= 11 is 0. The fraction of sp³-hybridized carbons (Fsp3) is 0.739. The molecule has 1 aromatic heterocycles. The van der Waals surface area contributed by atoms with Crippen molar-refractivity contribution in [3.8, 4) is 0 Å². The minimum Gasteiger partial charge on any atom is -0.391 e. The lowest BCUT2D eigenvalue weighted by molar-refractivity contribution is -0.176. The standard InChI is InChI=1S/C69H114N12O15/c1-17-20-54-63(90)76-67(12,41-82)96-62(46(6)7)66(93)79(16)68(42-83,36-44(2)3)72-38-47(8)25-26-57(86)71-28-27-52(34-58(87)70-13)95-55(49(10)21-18-22-51-23-19-24-56(73-51)80-29-31-94-32-30-80)35-59(88)74-61(50(11)85)65(92)77(14)40-60(89)78(15)69(43-84,37-45(4)5)75-53-33-48(9)39-81(54)64(53)91/h18-19,22-24,41-50,52-55,61-62,72,75,85H,17,20-21,25-40H2,1-16H3,(H,70,87)(H,71,86)(H,74,88)(H,76,90). The van der Waals surface area contributed by atoms with Crippen molar-refractivity contribution >= 4 is 78.0 Å². The van der Waals surface area contributed by atoms with Gasteiger partial charge in [-0.2, -0.15) is 0 Å². The van der Waals surface area contributed by atoms with Gasteiger partial charge in [-0.25, -0.2) is 4.98 Å². The monoisotopic (exact) mass is 1350 g/mol. The van der Waals surface area contributed by atoms with E-state index in [2.05, 4.69) is 36.8 Å². The Hall–Kier alpha value is -6.78. The number of rotatable bonds is 18. The van der Waals surface area contributed by atoms with E-state index in [1.54, 1.807) is 13.8 Å². The zero-order valence-corrected chi connectivity index (χ0v) is 59.9. The van der Waals surface area contributed by atoms with E-state index in [1.807, 2.05) is 85.7 Å². The molecular formula is C69H114N12O15. The molecule has 3 aliphatic rings. The number of nitrogens with one attached hydrogen (secondary N) is 6. The smallest absolute Gasteiger partial charge is 0.253 e. The van der Waals surface area contributed by atoms with Crippen LogP contribution >= 0.6 is 0 Å². The Morgan fingerprint density at radius 1 is 0.844 bits per heavy atom. The largest absolute Gasteiger partial charge is 0.391 e. The molecule has 27 heteroatoms. The molecule has 7 N–H and O–H groups in total. The van der Waals surface area contributed by atoms with Gasteiger partial charge in [0.15, 0.2) is 35.9 Å². The van der Waals surface area contributed by atoms with Crippen molar-refractivity contribution in [2.24, 2.45) is 35.5 Å². The van der Waals surface area contributed by atoms with Crippen LogP contribution in [-0.2, 0) is 67.0 Å². The van der Waals surface area contributed by atoms with Gasteiger partial charge in [0, 0.05) is 67.3 Å². The third-order valence-corrected chi connectivity index (χ3v) is 18.1. The third-order valence-electron chi connectivity index (χ3n) is 18.1. The van der Waals surface area contributed by atoms with Gasteiger partial charge in [-0.3, -0.25) is 63.4 Å². The molecule has 4 heterocycles. The summed E-state index contributed by atoms with van der Waals surface area (Å²) in [5, 5.41) is 28.6. The van der Waals surface area contributed by atoms with Gasteiger partial charge in [-0.05, 0) is 113 Å². The highest BCUT2D eigenvalue weighted by Gasteiger charge is 2.49. The summed E-state index contributed by atoms with van der Waals surface area (Å²) in [6, 6.07) is 1.80. The second-order valence-electron chi connectivity index (χ2n) is 28.1. The van der Waals surface area contributed by atoms with Gasteiger partial charge < -0.3 is 65.1 Å². The second kappa shape index (κ2) is 38.4. The molecule has 0 aliphatic carbocycles. The molecule has 1 aromatic rings. The van der Waals surface area contributed by atoms with E-state index in [-0.39, 0.29) is 106 Å². The van der Waals surface area contributed by atoms with Crippen LogP contribution in [0.2, 0.25) is 0 Å². The van der Waals surface area contributed by atoms with Crippen LogP contribution in [0.5, 0.6) is 0 Å². The van der Waals surface area contributed by atoms with Crippen LogP contribution in [-0.4, -0.2) is 236 Å². The Labute approximate surface area is 568 Å². The Bertz CT molecular complexity index is 2800. The van der Waals surface area contributed by atoms with E-state index >= 15 is 0 Å². The minimum absolute atomic E-state index is 0.00453. The summed E-state index contributed by atoms with van der Waals surface area (Å²) in [7, 11) is 5.62. The van der Waals surface area contributed by atoms with Crippen LogP contribution in [0.4, 0.5) is 5.82 Å². The number of piperidine rings is 1. The highest BCUT2D eigenvalue weighted by atomic mass is 16.5. The van der Waals surface area contributed by atoms with Crippen LogP contribution in [0.15, 0.2) is 24.3 Å². The minimum atomic E-state index is -2.15. The first kappa shape index (κ1) is 81.6. The zero-order valence-electron chi connectivity index (χ0n) is 59.9. The molecule has 3 aliphatic heterocycles. The number of aliphatic hydroxyl groups is 1. The van der Waals surface area contributed by atoms with Gasteiger partial charge in [0.25, 0.3) is 5.91 Å². The predicted octanol–water partition coefficient (Wildman–Crippen LogP) is 2.95. The van der Waals surface area contributed by atoms with E-state index < -0.39 is 113 Å². The number of nitrogens with zero attached hydrogens (tertiary/aromatic N) is 6. The van der Waals surface area contributed by atoms with Crippen LogP contribution < -0.4 is 36.8 Å². The highest BCUT2D eigenvalue weighted by Crippen LogP contribution is 2.30. The molecule has 0 saturated carbocycles. The predicted molar refractivity (Wildman–Crippen MR) is 363 cm³/mol. The number of hydrogen-bond acceptors (Lipinski definition) is 19. The Morgan fingerprint density at radius 3 is 2.09 bits per heavy atom. The summed E-state index contributed by atoms with van der Waals surface area (Å²) in [6.45, 7) is 23.2. The van der Waals surface area contributed by atoms with Crippen molar-refractivity contribution in [1.82, 2.24) is 56.5 Å². The van der Waals surface area contributed by atoms with Crippen LogP contribution in [0, 0.1) is 35.5 Å². The van der Waals surface area contributed by atoms with E-state index in [4.69, 9.17) is 19.2 Å². The number of morpholine rings is 1. The first-order valence-corrected chi connectivity index (χ1v) is 34.3. The van der Waals surface area contributed by atoms with Crippen molar-refractivity contribution in [3.05, 3.63) is 30.0 Å². The lowest BCUT2D eigenvalue weighted by atomic mass is 9.89. The fourth-order valence-corrected chi connectivity index (χ4v) is 12.5. The normalized spacial score (nSPS) is 29.5. The Morgan fingerprint density at radius 2 is 1.50 bits per heavy atom. The number of anilines is 1. The maximum absolute atomic E-state index is 15.0. The number of aldehydes is 3. The number of aliphatic hydroxyl groups excluding tert-OH is 1. The van der Waals surface area contributed by atoms with Crippen LogP contribution in [0.25, 0.3) is 6.08 Å². The number of allylic oxidation sites excluding steroid dienone is 1. The third kappa shape index (κ3) is 23.8. The van der Waals surface area contributed by atoms with Crippen molar-refractivity contribution < 1.29 is 72.1 Å². The van der Waals surface area contributed by atoms with Crippen molar-refractivity contribution in [3.63, 3.8) is 0 Å². The molecule has 4 rings (SSSR count). The molecule has 96 heavy (non-hydrogen) atoms. The molecule has 8 amide bonds. The van der Waals surface area contributed by atoms with Crippen LogP contribution in [0.3, 0.4) is 0 Å². The summed E-state index contributed by atoms with van der Waals surface area (Å²) in [6.07, 6.45) is 1.95. The van der Waals surface area contributed by atoms with E-state index in [0.29, 0.717) is 70.1 Å². The Balaban J connectivity index is 1.80. The Kier molecular flexibility index (Phi) is 32.6. The number of carbonyl (C=O) groups excluding carboxylic acids is 11. The van der Waals surface area contributed by atoms with Gasteiger partial charge in [-0.1, -0.05) is 87.8 Å². The molecule has 13 unspecified atom stereocenters. The van der Waals surface area contributed by atoms with E-state index in [0.717, 1.165) is 15.6 Å². The number of fused-ring (bicyclic) bond motifs is 2. The number of pyridine rings is 1. The average Bonchev–Trinajstić information content (AvgIpc) is 0.787. The van der Waals surface area contributed by atoms with E-state index in [1.165, 1.54) is 51.8 Å². The van der Waals surface area contributed by atoms with Crippen molar-refractivity contribution in [2.75, 3.05) is 85.6 Å². The van der Waals surface area contributed by atoms with E-state index in [9.17, 15) is 57.8 Å². The average molecular weight is 1350 g/mol. The maximum atomic E-state index is 15.0. The lowest BCUT2D eigenvalue weighted by Gasteiger charge is -2.46.